The quantitative estimate of drug-likeness (QED) is 0.900. The standard InChI is InChI=1S/C15H26N4/c1-4-14-12-18(3)9-6-10-19(14)11-13-7-5-8-17-15(13)16-2/h5,7-8,14H,4,6,9-12H2,1-3H3,(H,16,17). The molecule has 2 rings (SSSR count). The summed E-state index contributed by atoms with van der Waals surface area (Å²) in [5, 5.41) is 3.19. The fourth-order valence-electron chi connectivity index (χ4n) is 2.90. The molecule has 0 spiro atoms. The van der Waals surface area contributed by atoms with Crippen LogP contribution in [-0.2, 0) is 6.54 Å². The minimum atomic E-state index is 0.650. The van der Waals surface area contributed by atoms with Gasteiger partial charge in [-0.1, -0.05) is 13.0 Å². The van der Waals surface area contributed by atoms with E-state index in [0.29, 0.717) is 6.04 Å². The number of pyridine rings is 1. The van der Waals surface area contributed by atoms with Crippen LogP contribution in [-0.4, -0.2) is 54.6 Å². The van der Waals surface area contributed by atoms with E-state index in [1.165, 1.54) is 38.0 Å². The fraction of sp³-hybridized carbons (Fsp3) is 0.667. The average molecular weight is 262 g/mol. The van der Waals surface area contributed by atoms with E-state index in [1.807, 2.05) is 19.3 Å². The Hall–Kier alpha value is -1.13. The molecule has 1 N–H and O–H groups in total. The molecule has 1 saturated heterocycles. The lowest BCUT2D eigenvalue weighted by atomic mass is 10.1. The van der Waals surface area contributed by atoms with Gasteiger partial charge in [0.15, 0.2) is 0 Å². The molecule has 1 unspecified atom stereocenters. The Labute approximate surface area is 116 Å². The molecule has 1 aliphatic heterocycles. The van der Waals surface area contributed by atoms with E-state index in [0.717, 1.165) is 12.4 Å². The average Bonchev–Trinajstić information content (AvgIpc) is 2.61. The molecule has 0 radical (unpaired) electrons. The van der Waals surface area contributed by atoms with Gasteiger partial charge in [-0.2, -0.15) is 0 Å². The predicted molar refractivity (Wildman–Crippen MR) is 80.4 cm³/mol. The van der Waals surface area contributed by atoms with Gasteiger partial charge in [-0.15, -0.1) is 0 Å². The van der Waals surface area contributed by atoms with Gasteiger partial charge in [0.25, 0.3) is 0 Å². The van der Waals surface area contributed by atoms with Crippen molar-refractivity contribution in [2.24, 2.45) is 0 Å². The summed E-state index contributed by atoms with van der Waals surface area (Å²) in [6, 6.07) is 4.86. The first-order chi connectivity index (χ1) is 9.24. The van der Waals surface area contributed by atoms with E-state index >= 15 is 0 Å². The number of rotatable bonds is 4. The van der Waals surface area contributed by atoms with Crippen molar-refractivity contribution in [1.29, 1.82) is 0 Å². The minimum absolute atomic E-state index is 0.650. The Morgan fingerprint density at radius 3 is 3.00 bits per heavy atom. The Kier molecular flexibility index (Phi) is 5.16. The van der Waals surface area contributed by atoms with Crippen molar-refractivity contribution < 1.29 is 0 Å². The SMILES string of the molecule is CCC1CN(C)CCCN1Cc1cccnc1NC. The summed E-state index contributed by atoms with van der Waals surface area (Å²) in [6.45, 7) is 6.85. The lowest BCUT2D eigenvalue weighted by molar-refractivity contribution is 0.176. The van der Waals surface area contributed by atoms with Crippen LogP contribution in [0.4, 0.5) is 5.82 Å². The van der Waals surface area contributed by atoms with Gasteiger partial charge >= 0.3 is 0 Å². The molecule has 4 heteroatoms. The number of nitrogens with one attached hydrogen (secondary N) is 1. The third-order valence-corrected chi connectivity index (χ3v) is 4.00. The monoisotopic (exact) mass is 262 g/mol. The molecule has 1 aromatic rings. The van der Waals surface area contributed by atoms with Crippen LogP contribution in [0.25, 0.3) is 0 Å². The highest BCUT2D eigenvalue weighted by molar-refractivity contribution is 5.42. The Morgan fingerprint density at radius 1 is 1.42 bits per heavy atom. The molecular formula is C15H26N4. The van der Waals surface area contributed by atoms with Crippen LogP contribution in [0.5, 0.6) is 0 Å². The van der Waals surface area contributed by atoms with E-state index in [4.69, 9.17) is 0 Å². The summed E-state index contributed by atoms with van der Waals surface area (Å²) in [7, 11) is 4.18. The molecule has 1 aromatic heterocycles. The van der Waals surface area contributed by atoms with Crippen molar-refractivity contribution in [2.45, 2.75) is 32.4 Å². The number of likely N-dealkylation sites (N-methyl/N-ethyl adjacent to an activating group) is 1. The van der Waals surface area contributed by atoms with E-state index in [9.17, 15) is 0 Å². The van der Waals surface area contributed by atoms with E-state index in [2.05, 4.69) is 40.1 Å². The summed E-state index contributed by atoms with van der Waals surface area (Å²) in [4.78, 5) is 9.47. The molecule has 1 fully saturated rings. The van der Waals surface area contributed by atoms with Gasteiger partial charge < -0.3 is 10.2 Å². The van der Waals surface area contributed by atoms with Gasteiger partial charge in [0.05, 0.1) is 0 Å². The van der Waals surface area contributed by atoms with Crippen molar-refractivity contribution in [3.05, 3.63) is 23.9 Å². The Morgan fingerprint density at radius 2 is 2.26 bits per heavy atom. The van der Waals surface area contributed by atoms with E-state index in [-0.39, 0.29) is 0 Å². The van der Waals surface area contributed by atoms with Crippen LogP contribution in [0.3, 0.4) is 0 Å². The molecule has 4 nitrogen and oxygen atoms in total. The second kappa shape index (κ2) is 6.87. The van der Waals surface area contributed by atoms with Crippen LogP contribution in [0.15, 0.2) is 18.3 Å². The lowest BCUT2D eigenvalue weighted by Crippen LogP contribution is -2.39. The number of aromatic nitrogens is 1. The van der Waals surface area contributed by atoms with Gasteiger partial charge in [-0.05, 0) is 32.5 Å². The van der Waals surface area contributed by atoms with Crippen molar-refractivity contribution in [3.63, 3.8) is 0 Å². The summed E-state index contributed by atoms with van der Waals surface area (Å²) < 4.78 is 0. The Bertz CT molecular complexity index is 393. The number of hydrogen-bond donors (Lipinski definition) is 1. The first kappa shape index (κ1) is 14.3. The van der Waals surface area contributed by atoms with Gasteiger partial charge in [-0.25, -0.2) is 4.98 Å². The topological polar surface area (TPSA) is 31.4 Å². The molecule has 2 heterocycles. The highest BCUT2D eigenvalue weighted by Crippen LogP contribution is 2.19. The molecule has 19 heavy (non-hydrogen) atoms. The van der Waals surface area contributed by atoms with Gasteiger partial charge in [0.2, 0.25) is 0 Å². The molecular weight excluding hydrogens is 236 g/mol. The second-order valence-corrected chi connectivity index (χ2v) is 5.41. The van der Waals surface area contributed by atoms with Gasteiger partial charge in [0.1, 0.15) is 5.82 Å². The zero-order valence-corrected chi connectivity index (χ0v) is 12.4. The maximum absolute atomic E-state index is 4.40. The van der Waals surface area contributed by atoms with Crippen LogP contribution in [0, 0.1) is 0 Å². The van der Waals surface area contributed by atoms with Crippen LogP contribution in [0.2, 0.25) is 0 Å². The number of hydrogen-bond acceptors (Lipinski definition) is 4. The van der Waals surface area contributed by atoms with Crippen LogP contribution >= 0.6 is 0 Å². The van der Waals surface area contributed by atoms with Crippen molar-refractivity contribution in [3.8, 4) is 0 Å². The van der Waals surface area contributed by atoms with E-state index in [1.54, 1.807) is 0 Å². The van der Waals surface area contributed by atoms with Crippen molar-refractivity contribution in [1.82, 2.24) is 14.8 Å². The normalized spacial score (nSPS) is 22.2. The molecule has 1 atom stereocenters. The summed E-state index contributed by atoms with van der Waals surface area (Å²) in [6.07, 6.45) is 4.31. The lowest BCUT2D eigenvalue weighted by Gasteiger charge is -2.30. The maximum atomic E-state index is 4.40. The summed E-state index contributed by atoms with van der Waals surface area (Å²) in [5.74, 6) is 1.01. The van der Waals surface area contributed by atoms with Crippen LogP contribution in [0.1, 0.15) is 25.3 Å². The smallest absolute Gasteiger partial charge is 0.130 e. The molecule has 106 valence electrons. The molecule has 1 aliphatic rings. The number of anilines is 1. The summed E-state index contributed by atoms with van der Waals surface area (Å²) >= 11 is 0. The first-order valence-corrected chi connectivity index (χ1v) is 7.28. The maximum Gasteiger partial charge on any atom is 0.130 e. The zero-order chi connectivity index (χ0) is 13.7. The molecule has 0 bridgehead atoms. The van der Waals surface area contributed by atoms with Crippen molar-refractivity contribution in [2.75, 3.05) is 39.0 Å². The number of nitrogens with zero attached hydrogens (tertiary/aromatic N) is 3. The summed E-state index contributed by atoms with van der Waals surface area (Å²) in [5.41, 5.74) is 1.30. The molecule has 0 aliphatic carbocycles. The van der Waals surface area contributed by atoms with Gasteiger partial charge in [-0.3, -0.25) is 4.90 Å². The molecule has 0 saturated carbocycles. The Balaban J connectivity index is 2.11. The third kappa shape index (κ3) is 3.67. The van der Waals surface area contributed by atoms with E-state index < -0.39 is 0 Å². The van der Waals surface area contributed by atoms with Crippen LogP contribution < -0.4 is 5.32 Å². The fourth-order valence-corrected chi connectivity index (χ4v) is 2.90. The third-order valence-electron chi connectivity index (χ3n) is 4.00. The predicted octanol–water partition coefficient (Wildman–Crippen LogP) is 2.04. The highest BCUT2D eigenvalue weighted by Gasteiger charge is 2.22. The van der Waals surface area contributed by atoms with Gasteiger partial charge in [0, 0.05) is 44.5 Å². The highest BCUT2D eigenvalue weighted by atomic mass is 15.2. The molecule has 0 amide bonds. The zero-order valence-electron chi connectivity index (χ0n) is 12.4. The largest absolute Gasteiger partial charge is 0.373 e. The minimum Gasteiger partial charge on any atom is -0.373 e. The van der Waals surface area contributed by atoms with Crippen molar-refractivity contribution >= 4 is 5.82 Å². The first-order valence-electron chi connectivity index (χ1n) is 7.28. The molecule has 0 aromatic carbocycles. The second-order valence-electron chi connectivity index (χ2n) is 5.41.